The van der Waals surface area contributed by atoms with Crippen LogP contribution in [0.2, 0.25) is 0 Å². The summed E-state index contributed by atoms with van der Waals surface area (Å²) in [4.78, 5) is 11.9. The van der Waals surface area contributed by atoms with Gasteiger partial charge in [-0.05, 0) is 49.4 Å². The Morgan fingerprint density at radius 1 is 1.33 bits per heavy atom. The SMILES string of the molecule is Cc1cc(O)ccc1NC(=O)CC1CCCCC1. The van der Waals surface area contributed by atoms with Gasteiger partial charge in [-0.15, -0.1) is 0 Å². The number of benzene rings is 1. The van der Waals surface area contributed by atoms with Crippen LogP contribution in [-0.4, -0.2) is 11.0 Å². The third-order valence-corrected chi connectivity index (χ3v) is 3.68. The van der Waals surface area contributed by atoms with E-state index in [1.165, 1.54) is 32.1 Å². The molecule has 98 valence electrons. The van der Waals surface area contributed by atoms with Crippen LogP contribution in [0.4, 0.5) is 5.69 Å². The minimum atomic E-state index is 0.0932. The molecule has 0 bridgehead atoms. The number of aryl methyl sites for hydroxylation is 1. The van der Waals surface area contributed by atoms with E-state index in [9.17, 15) is 9.90 Å². The number of carbonyl (C=O) groups is 1. The monoisotopic (exact) mass is 247 g/mol. The molecular weight excluding hydrogens is 226 g/mol. The molecule has 18 heavy (non-hydrogen) atoms. The van der Waals surface area contributed by atoms with E-state index in [2.05, 4.69) is 5.32 Å². The number of anilines is 1. The number of nitrogens with one attached hydrogen (secondary N) is 1. The van der Waals surface area contributed by atoms with Crippen molar-refractivity contribution in [2.45, 2.75) is 45.4 Å². The molecule has 2 rings (SSSR count). The van der Waals surface area contributed by atoms with Gasteiger partial charge in [0, 0.05) is 12.1 Å². The fraction of sp³-hybridized carbons (Fsp3) is 0.533. The molecule has 0 aliphatic heterocycles. The van der Waals surface area contributed by atoms with Crippen molar-refractivity contribution < 1.29 is 9.90 Å². The van der Waals surface area contributed by atoms with Crippen molar-refractivity contribution in [2.75, 3.05) is 5.32 Å². The summed E-state index contributed by atoms with van der Waals surface area (Å²) < 4.78 is 0. The van der Waals surface area contributed by atoms with Crippen LogP contribution in [0.1, 0.15) is 44.1 Å². The molecule has 0 spiro atoms. The van der Waals surface area contributed by atoms with Crippen LogP contribution in [0.5, 0.6) is 5.75 Å². The maximum absolute atomic E-state index is 11.9. The summed E-state index contributed by atoms with van der Waals surface area (Å²) in [5, 5.41) is 12.3. The van der Waals surface area contributed by atoms with Gasteiger partial charge in [0.2, 0.25) is 5.91 Å². The molecule has 1 fully saturated rings. The van der Waals surface area contributed by atoms with Crippen LogP contribution < -0.4 is 5.32 Å². The molecule has 1 aromatic rings. The van der Waals surface area contributed by atoms with Crippen molar-refractivity contribution >= 4 is 11.6 Å². The van der Waals surface area contributed by atoms with Gasteiger partial charge in [0.1, 0.15) is 5.75 Å². The summed E-state index contributed by atoms with van der Waals surface area (Å²) in [7, 11) is 0. The quantitative estimate of drug-likeness (QED) is 0.802. The van der Waals surface area contributed by atoms with Crippen LogP contribution in [0, 0.1) is 12.8 Å². The predicted molar refractivity (Wildman–Crippen MR) is 72.7 cm³/mol. The van der Waals surface area contributed by atoms with Crippen molar-refractivity contribution in [3.63, 3.8) is 0 Å². The van der Waals surface area contributed by atoms with Crippen molar-refractivity contribution in [3.8, 4) is 5.75 Å². The second kappa shape index (κ2) is 5.89. The fourth-order valence-electron chi connectivity index (χ4n) is 2.64. The molecule has 0 saturated heterocycles. The molecule has 0 unspecified atom stereocenters. The molecule has 1 aromatic carbocycles. The summed E-state index contributed by atoms with van der Waals surface area (Å²) in [6, 6.07) is 5.02. The van der Waals surface area contributed by atoms with Gasteiger partial charge in [-0.2, -0.15) is 0 Å². The van der Waals surface area contributed by atoms with Gasteiger partial charge in [0.05, 0.1) is 0 Å². The summed E-state index contributed by atoms with van der Waals surface area (Å²) in [6.45, 7) is 1.88. The van der Waals surface area contributed by atoms with E-state index in [4.69, 9.17) is 0 Å². The van der Waals surface area contributed by atoms with Gasteiger partial charge in [-0.25, -0.2) is 0 Å². The van der Waals surface area contributed by atoms with Gasteiger partial charge in [0.15, 0.2) is 0 Å². The van der Waals surface area contributed by atoms with Crippen molar-refractivity contribution in [1.82, 2.24) is 0 Å². The van der Waals surface area contributed by atoms with E-state index in [1.54, 1.807) is 18.2 Å². The standard InChI is InChI=1S/C15H21NO2/c1-11-9-13(17)7-8-14(11)16-15(18)10-12-5-3-2-4-6-12/h7-9,12,17H,2-6,10H2,1H3,(H,16,18). The smallest absolute Gasteiger partial charge is 0.224 e. The van der Waals surface area contributed by atoms with Gasteiger partial charge in [-0.1, -0.05) is 19.3 Å². The summed E-state index contributed by atoms with van der Waals surface area (Å²) in [5.41, 5.74) is 1.70. The highest BCUT2D eigenvalue weighted by molar-refractivity contribution is 5.91. The highest BCUT2D eigenvalue weighted by Gasteiger charge is 2.17. The third kappa shape index (κ3) is 3.49. The zero-order valence-electron chi connectivity index (χ0n) is 10.9. The van der Waals surface area contributed by atoms with Crippen LogP contribution in [0.25, 0.3) is 0 Å². The van der Waals surface area contributed by atoms with E-state index in [0.29, 0.717) is 12.3 Å². The van der Waals surface area contributed by atoms with E-state index >= 15 is 0 Å². The molecule has 0 radical (unpaired) electrons. The number of rotatable bonds is 3. The first-order valence-corrected chi connectivity index (χ1v) is 6.74. The first kappa shape index (κ1) is 12.9. The number of amides is 1. The lowest BCUT2D eigenvalue weighted by atomic mass is 9.87. The predicted octanol–water partition coefficient (Wildman–Crippen LogP) is 3.61. The highest BCUT2D eigenvalue weighted by Crippen LogP contribution is 2.27. The normalized spacial score (nSPS) is 16.5. The summed E-state index contributed by atoms with van der Waals surface area (Å²) >= 11 is 0. The minimum Gasteiger partial charge on any atom is -0.508 e. The molecule has 1 amide bonds. The van der Waals surface area contributed by atoms with E-state index < -0.39 is 0 Å². The molecule has 2 N–H and O–H groups in total. The number of hydrogen-bond acceptors (Lipinski definition) is 2. The van der Waals surface area contributed by atoms with Crippen molar-refractivity contribution in [2.24, 2.45) is 5.92 Å². The maximum Gasteiger partial charge on any atom is 0.224 e. The summed E-state index contributed by atoms with van der Waals surface area (Å²) in [6.07, 6.45) is 6.83. The Labute approximate surface area is 108 Å². The number of hydrogen-bond donors (Lipinski definition) is 2. The van der Waals surface area contributed by atoms with Gasteiger partial charge < -0.3 is 10.4 Å². The number of carbonyl (C=O) groups excluding carboxylic acids is 1. The maximum atomic E-state index is 11.9. The van der Waals surface area contributed by atoms with Gasteiger partial charge >= 0.3 is 0 Å². The molecule has 0 aromatic heterocycles. The fourth-order valence-corrected chi connectivity index (χ4v) is 2.64. The Morgan fingerprint density at radius 3 is 2.72 bits per heavy atom. The Balaban J connectivity index is 1.90. The second-order valence-electron chi connectivity index (χ2n) is 5.26. The zero-order valence-corrected chi connectivity index (χ0v) is 10.9. The zero-order chi connectivity index (χ0) is 13.0. The molecule has 0 atom stereocenters. The lowest BCUT2D eigenvalue weighted by molar-refractivity contribution is -0.117. The van der Waals surface area contributed by atoms with Gasteiger partial charge in [-0.3, -0.25) is 4.79 Å². The molecular formula is C15H21NO2. The highest BCUT2D eigenvalue weighted by atomic mass is 16.3. The average Bonchev–Trinajstić information content (AvgIpc) is 2.34. The van der Waals surface area contributed by atoms with Crippen LogP contribution >= 0.6 is 0 Å². The van der Waals surface area contributed by atoms with E-state index in [-0.39, 0.29) is 11.7 Å². The number of phenolic OH excluding ortho intramolecular Hbond substituents is 1. The van der Waals surface area contributed by atoms with Crippen LogP contribution in [0.15, 0.2) is 18.2 Å². The Kier molecular flexibility index (Phi) is 4.24. The molecule has 1 saturated carbocycles. The van der Waals surface area contributed by atoms with Crippen molar-refractivity contribution in [1.29, 1.82) is 0 Å². The van der Waals surface area contributed by atoms with Crippen LogP contribution in [0.3, 0.4) is 0 Å². The Bertz CT molecular complexity index is 423. The second-order valence-corrected chi connectivity index (χ2v) is 5.26. The first-order chi connectivity index (χ1) is 8.65. The van der Waals surface area contributed by atoms with Crippen molar-refractivity contribution in [3.05, 3.63) is 23.8 Å². The Morgan fingerprint density at radius 2 is 2.06 bits per heavy atom. The average molecular weight is 247 g/mol. The molecule has 0 heterocycles. The van der Waals surface area contributed by atoms with E-state index in [1.807, 2.05) is 6.92 Å². The molecule has 1 aliphatic rings. The van der Waals surface area contributed by atoms with E-state index in [0.717, 1.165) is 11.3 Å². The third-order valence-electron chi connectivity index (χ3n) is 3.68. The Hall–Kier alpha value is -1.51. The topological polar surface area (TPSA) is 49.3 Å². The number of aromatic hydroxyl groups is 1. The lowest BCUT2D eigenvalue weighted by Gasteiger charge is -2.21. The largest absolute Gasteiger partial charge is 0.508 e. The van der Waals surface area contributed by atoms with Gasteiger partial charge in [0.25, 0.3) is 0 Å². The lowest BCUT2D eigenvalue weighted by Crippen LogP contribution is -2.18. The molecule has 1 aliphatic carbocycles. The first-order valence-electron chi connectivity index (χ1n) is 6.74. The molecule has 3 nitrogen and oxygen atoms in total. The number of phenols is 1. The molecule has 3 heteroatoms. The summed E-state index contributed by atoms with van der Waals surface area (Å²) in [5.74, 6) is 0.879. The van der Waals surface area contributed by atoms with Crippen LogP contribution in [-0.2, 0) is 4.79 Å². The minimum absolute atomic E-state index is 0.0932.